The SMILES string of the molecule is CN=C(NCCc1ccc2c(c1)CCO2)N(C)Cc1cccn1C.I. The summed E-state index contributed by atoms with van der Waals surface area (Å²) in [5.41, 5.74) is 3.93. The lowest BCUT2D eigenvalue weighted by atomic mass is 10.1. The van der Waals surface area contributed by atoms with Crippen LogP contribution in [0.4, 0.5) is 0 Å². The highest BCUT2D eigenvalue weighted by Crippen LogP contribution is 2.25. The van der Waals surface area contributed by atoms with Crippen molar-refractivity contribution in [3.8, 4) is 5.75 Å². The van der Waals surface area contributed by atoms with Crippen LogP contribution in [0.1, 0.15) is 16.8 Å². The predicted octanol–water partition coefficient (Wildman–Crippen LogP) is 2.83. The fraction of sp³-hybridized carbons (Fsp3) is 0.421. The topological polar surface area (TPSA) is 41.8 Å². The van der Waals surface area contributed by atoms with E-state index >= 15 is 0 Å². The lowest BCUT2D eigenvalue weighted by molar-refractivity contribution is 0.357. The van der Waals surface area contributed by atoms with Crippen molar-refractivity contribution in [3.05, 3.63) is 53.3 Å². The Bertz CT molecular complexity index is 726. The van der Waals surface area contributed by atoms with Crippen molar-refractivity contribution < 1.29 is 4.74 Å². The summed E-state index contributed by atoms with van der Waals surface area (Å²) < 4.78 is 7.70. The molecule has 25 heavy (non-hydrogen) atoms. The number of guanidine groups is 1. The van der Waals surface area contributed by atoms with E-state index in [1.54, 1.807) is 0 Å². The lowest BCUT2D eigenvalue weighted by Gasteiger charge is -2.22. The molecule has 0 saturated heterocycles. The normalized spacial score (nSPS) is 13.0. The van der Waals surface area contributed by atoms with Crippen molar-refractivity contribution in [2.45, 2.75) is 19.4 Å². The summed E-state index contributed by atoms with van der Waals surface area (Å²) in [6, 6.07) is 10.7. The molecule has 1 aromatic heterocycles. The first-order valence-electron chi connectivity index (χ1n) is 8.44. The van der Waals surface area contributed by atoms with Crippen LogP contribution in [-0.2, 0) is 26.4 Å². The molecule has 0 fully saturated rings. The highest BCUT2D eigenvalue weighted by atomic mass is 127. The predicted molar refractivity (Wildman–Crippen MR) is 113 cm³/mol. The van der Waals surface area contributed by atoms with Gasteiger partial charge in [0.1, 0.15) is 5.75 Å². The molecule has 5 nitrogen and oxygen atoms in total. The number of aromatic nitrogens is 1. The Morgan fingerprint density at radius 1 is 1.36 bits per heavy atom. The molecule has 0 unspecified atom stereocenters. The van der Waals surface area contributed by atoms with Gasteiger partial charge in [0, 0.05) is 46.0 Å². The van der Waals surface area contributed by atoms with Crippen molar-refractivity contribution >= 4 is 29.9 Å². The number of aryl methyl sites for hydroxylation is 1. The number of hydrogen-bond acceptors (Lipinski definition) is 2. The summed E-state index contributed by atoms with van der Waals surface area (Å²) >= 11 is 0. The largest absolute Gasteiger partial charge is 0.493 e. The van der Waals surface area contributed by atoms with Crippen LogP contribution in [0.2, 0.25) is 0 Å². The van der Waals surface area contributed by atoms with Gasteiger partial charge in [-0.15, -0.1) is 24.0 Å². The molecule has 0 spiro atoms. The van der Waals surface area contributed by atoms with Crippen molar-refractivity contribution in [2.75, 3.05) is 27.2 Å². The Balaban J connectivity index is 0.00000225. The first kappa shape index (κ1) is 19.6. The number of aliphatic imine (C=N–C) groups is 1. The molecule has 3 rings (SSSR count). The Labute approximate surface area is 167 Å². The van der Waals surface area contributed by atoms with E-state index in [4.69, 9.17) is 4.74 Å². The zero-order chi connectivity index (χ0) is 16.9. The molecule has 0 aliphatic carbocycles. The van der Waals surface area contributed by atoms with E-state index in [1.165, 1.54) is 16.8 Å². The highest BCUT2D eigenvalue weighted by molar-refractivity contribution is 14.0. The highest BCUT2D eigenvalue weighted by Gasteiger charge is 2.12. The standard InChI is InChI=1S/C19H26N4O.HI/c1-20-19(23(3)14-17-5-4-11-22(17)2)21-10-8-15-6-7-18-16(13-15)9-12-24-18;/h4-7,11,13H,8-10,12,14H2,1-3H3,(H,20,21);1H. The summed E-state index contributed by atoms with van der Waals surface area (Å²) in [6.45, 7) is 2.51. The van der Waals surface area contributed by atoms with Gasteiger partial charge in [-0.1, -0.05) is 12.1 Å². The van der Waals surface area contributed by atoms with Crippen molar-refractivity contribution in [3.63, 3.8) is 0 Å². The van der Waals surface area contributed by atoms with Crippen LogP contribution >= 0.6 is 24.0 Å². The average Bonchev–Trinajstić information content (AvgIpc) is 3.20. The molecule has 6 heteroatoms. The Hall–Kier alpha value is -1.70. The molecular weight excluding hydrogens is 427 g/mol. The number of ether oxygens (including phenoxy) is 1. The average molecular weight is 454 g/mol. The Morgan fingerprint density at radius 2 is 2.20 bits per heavy atom. The second kappa shape index (κ2) is 9.12. The molecule has 136 valence electrons. The molecule has 2 aromatic rings. The van der Waals surface area contributed by atoms with E-state index < -0.39 is 0 Å². The molecule has 1 aliphatic heterocycles. The molecule has 1 aromatic carbocycles. The quantitative estimate of drug-likeness (QED) is 0.429. The van der Waals surface area contributed by atoms with Gasteiger partial charge in [0.15, 0.2) is 5.96 Å². The van der Waals surface area contributed by atoms with Gasteiger partial charge in [0.2, 0.25) is 0 Å². The molecule has 0 saturated carbocycles. The second-order valence-corrected chi connectivity index (χ2v) is 6.23. The van der Waals surface area contributed by atoms with Gasteiger partial charge in [-0.3, -0.25) is 4.99 Å². The number of nitrogens with zero attached hydrogens (tertiary/aromatic N) is 3. The van der Waals surface area contributed by atoms with Crippen LogP contribution in [0.5, 0.6) is 5.75 Å². The lowest BCUT2D eigenvalue weighted by Crippen LogP contribution is -2.39. The number of hydrogen-bond donors (Lipinski definition) is 1. The second-order valence-electron chi connectivity index (χ2n) is 6.23. The van der Waals surface area contributed by atoms with Gasteiger partial charge in [-0.25, -0.2) is 0 Å². The van der Waals surface area contributed by atoms with Gasteiger partial charge in [-0.2, -0.15) is 0 Å². The molecule has 2 heterocycles. The van der Waals surface area contributed by atoms with E-state index in [1.807, 2.05) is 7.05 Å². The maximum absolute atomic E-state index is 5.56. The minimum absolute atomic E-state index is 0. The first-order valence-corrected chi connectivity index (χ1v) is 8.44. The van der Waals surface area contributed by atoms with Gasteiger partial charge in [0.05, 0.1) is 13.2 Å². The molecular formula is C19H27IN4O. The van der Waals surface area contributed by atoms with E-state index in [2.05, 4.69) is 70.4 Å². The third-order valence-corrected chi connectivity index (χ3v) is 4.47. The Morgan fingerprint density at radius 3 is 2.92 bits per heavy atom. The fourth-order valence-electron chi connectivity index (χ4n) is 3.08. The minimum atomic E-state index is 0. The van der Waals surface area contributed by atoms with Crippen molar-refractivity contribution in [1.82, 2.24) is 14.8 Å². The van der Waals surface area contributed by atoms with E-state index in [-0.39, 0.29) is 24.0 Å². The maximum Gasteiger partial charge on any atom is 0.193 e. The zero-order valence-corrected chi connectivity index (χ0v) is 17.5. The number of rotatable bonds is 5. The third kappa shape index (κ3) is 4.90. The van der Waals surface area contributed by atoms with Crippen molar-refractivity contribution in [2.24, 2.45) is 12.0 Å². The van der Waals surface area contributed by atoms with Crippen LogP contribution in [0, 0.1) is 0 Å². The number of benzene rings is 1. The molecule has 1 N–H and O–H groups in total. The number of nitrogens with one attached hydrogen (secondary N) is 1. The number of halogens is 1. The van der Waals surface area contributed by atoms with Crippen LogP contribution < -0.4 is 10.1 Å². The smallest absolute Gasteiger partial charge is 0.193 e. The molecule has 0 bridgehead atoms. The van der Waals surface area contributed by atoms with Crippen LogP contribution in [0.3, 0.4) is 0 Å². The van der Waals surface area contributed by atoms with Crippen molar-refractivity contribution in [1.29, 1.82) is 0 Å². The van der Waals surface area contributed by atoms with Gasteiger partial charge >= 0.3 is 0 Å². The first-order chi connectivity index (χ1) is 11.7. The van der Waals surface area contributed by atoms with Crippen LogP contribution in [0.25, 0.3) is 0 Å². The third-order valence-electron chi connectivity index (χ3n) is 4.47. The molecule has 0 radical (unpaired) electrons. The van der Waals surface area contributed by atoms with Gasteiger partial charge in [-0.05, 0) is 35.7 Å². The van der Waals surface area contributed by atoms with E-state index in [0.717, 1.165) is 44.2 Å². The Kier molecular flexibility index (Phi) is 7.16. The number of fused-ring (bicyclic) bond motifs is 1. The summed E-state index contributed by atoms with van der Waals surface area (Å²) in [6.07, 6.45) is 4.07. The van der Waals surface area contributed by atoms with Crippen LogP contribution in [-0.4, -0.2) is 42.7 Å². The van der Waals surface area contributed by atoms with Crippen LogP contribution in [0.15, 0.2) is 41.5 Å². The minimum Gasteiger partial charge on any atom is -0.493 e. The summed E-state index contributed by atoms with van der Waals surface area (Å²) in [5.74, 6) is 1.96. The molecule has 0 amide bonds. The maximum atomic E-state index is 5.56. The summed E-state index contributed by atoms with van der Waals surface area (Å²) in [7, 11) is 5.96. The summed E-state index contributed by atoms with van der Waals surface area (Å²) in [5, 5.41) is 3.45. The molecule has 1 aliphatic rings. The fourth-order valence-corrected chi connectivity index (χ4v) is 3.08. The monoisotopic (exact) mass is 454 g/mol. The molecule has 0 atom stereocenters. The summed E-state index contributed by atoms with van der Waals surface area (Å²) in [4.78, 5) is 6.53. The zero-order valence-electron chi connectivity index (χ0n) is 15.2. The van der Waals surface area contributed by atoms with Gasteiger partial charge in [0.25, 0.3) is 0 Å². The van der Waals surface area contributed by atoms with Gasteiger partial charge < -0.3 is 19.5 Å². The van der Waals surface area contributed by atoms with E-state index in [0.29, 0.717) is 0 Å². The van der Waals surface area contributed by atoms with E-state index in [9.17, 15) is 0 Å².